The van der Waals surface area contributed by atoms with Crippen molar-refractivity contribution < 1.29 is 19.1 Å². The lowest BCUT2D eigenvalue weighted by Gasteiger charge is -2.17. The number of halogens is 1. The highest BCUT2D eigenvalue weighted by Gasteiger charge is 2.17. The number of hydrogen-bond acceptors (Lipinski definition) is 4. The largest absolute Gasteiger partial charge is 0.493 e. The highest BCUT2D eigenvalue weighted by atomic mass is 35.5. The fraction of sp³-hybridized carbons (Fsp3) is 0.300. The van der Waals surface area contributed by atoms with Crippen molar-refractivity contribution in [3.63, 3.8) is 0 Å². The minimum absolute atomic E-state index is 0.153. The summed E-state index contributed by atoms with van der Waals surface area (Å²) in [5.74, 6) is 0.361. The lowest BCUT2D eigenvalue weighted by atomic mass is 10.1. The van der Waals surface area contributed by atoms with Gasteiger partial charge >= 0.3 is 0 Å². The summed E-state index contributed by atoms with van der Waals surface area (Å²) in [6.07, 6.45) is 0. The van der Waals surface area contributed by atoms with Crippen molar-refractivity contribution in [2.24, 2.45) is 0 Å². The van der Waals surface area contributed by atoms with Crippen LogP contribution in [0.1, 0.15) is 42.7 Å². The number of carbonyl (C=O) groups excluding carboxylic acids is 2. The molecule has 1 atom stereocenters. The third-order valence-corrected chi connectivity index (χ3v) is 4.12. The molecular formula is C20H23ClN2O4. The molecule has 27 heavy (non-hydrogen) atoms. The van der Waals surface area contributed by atoms with Gasteiger partial charge in [0.15, 0.2) is 11.5 Å². The van der Waals surface area contributed by atoms with Gasteiger partial charge < -0.3 is 20.1 Å². The van der Waals surface area contributed by atoms with Crippen LogP contribution in [0, 0.1) is 0 Å². The van der Waals surface area contributed by atoms with E-state index in [1.807, 2.05) is 32.0 Å². The lowest BCUT2D eigenvalue weighted by molar-refractivity contribution is -0.114. The van der Waals surface area contributed by atoms with Crippen LogP contribution in [0.2, 0.25) is 5.02 Å². The number of carbonyl (C=O) groups is 2. The summed E-state index contributed by atoms with van der Waals surface area (Å²) in [6, 6.07) is 10.2. The van der Waals surface area contributed by atoms with Gasteiger partial charge in [-0.3, -0.25) is 9.59 Å². The first kappa shape index (κ1) is 20.6. The van der Waals surface area contributed by atoms with Crippen molar-refractivity contribution in [2.45, 2.75) is 26.8 Å². The van der Waals surface area contributed by atoms with E-state index in [1.165, 1.54) is 14.0 Å². The number of rotatable bonds is 7. The zero-order valence-corrected chi connectivity index (χ0v) is 16.5. The van der Waals surface area contributed by atoms with Gasteiger partial charge in [-0.25, -0.2) is 0 Å². The molecule has 2 amide bonds. The molecular weight excluding hydrogens is 368 g/mol. The van der Waals surface area contributed by atoms with Gasteiger partial charge in [-0.15, -0.1) is 0 Å². The first-order chi connectivity index (χ1) is 12.8. The van der Waals surface area contributed by atoms with Gasteiger partial charge in [-0.2, -0.15) is 0 Å². The molecule has 0 spiro atoms. The molecule has 0 saturated heterocycles. The minimum atomic E-state index is -0.296. The number of ether oxygens (including phenoxy) is 2. The normalized spacial score (nSPS) is 11.4. The van der Waals surface area contributed by atoms with E-state index in [9.17, 15) is 9.59 Å². The van der Waals surface area contributed by atoms with Crippen LogP contribution in [0.3, 0.4) is 0 Å². The molecule has 0 aliphatic heterocycles. The standard InChI is InChI=1S/C20H23ClN2O4/c1-5-27-19-17(21)10-15(11-18(19)26-4)20(25)22-12(2)14-7-6-8-16(9-14)23-13(3)24/h6-12H,5H2,1-4H3,(H,22,25)(H,23,24). The average Bonchev–Trinajstić information content (AvgIpc) is 2.62. The second-order valence-electron chi connectivity index (χ2n) is 5.92. The summed E-state index contributed by atoms with van der Waals surface area (Å²) in [5.41, 5.74) is 1.90. The minimum Gasteiger partial charge on any atom is -0.493 e. The summed E-state index contributed by atoms with van der Waals surface area (Å²) < 4.78 is 10.7. The zero-order chi connectivity index (χ0) is 20.0. The van der Waals surface area contributed by atoms with Crippen LogP contribution in [0.25, 0.3) is 0 Å². The highest BCUT2D eigenvalue weighted by molar-refractivity contribution is 6.32. The number of nitrogens with one attached hydrogen (secondary N) is 2. The van der Waals surface area contributed by atoms with Crippen LogP contribution in [0.4, 0.5) is 5.69 Å². The Balaban J connectivity index is 2.19. The first-order valence-corrected chi connectivity index (χ1v) is 8.92. The number of benzene rings is 2. The van der Waals surface area contributed by atoms with E-state index in [0.29, 0.717) is 34.4 Å². The number of anilines is 1. The van der Waals surface area contributed by atoms with Gasteiger partial charge in [0.25, 0.3) is 5.91 Å². The Bertz CT molecular complexity index is 839. The van der Waals surface area contributed by atoms with Gasteiger partial charge in [0, 0.05) is 18.2 Å². The summed E-state index contributed by atoms with van der Waals surface area (Å²) in [6.45, 7) is 5.58. The molecule has 0 saturated carbocycles. The Hall–Kier alpha value is -2.73. The fourth-order valence-electron chi connectivity index (χ4n) is 2.59. The van der Waals surface area contributed by atoms with Gasteiger partial charge in [0.2, 0.25) is 5.91 Å². The van der Waals surface area contributed by atoms with Crippen molar-refractivity contribution in [2.75, 3.05) is 19.0 Å². The number of amides is 2. The van der Waals surface area contributed by atoms with Gasteiger partial charge in [-0.05, 0) is 43.7 Å². The van der Waals surface area contributed by atoms with E-state index in [-0.39, 0.29) is 17.9 Å². The molecule has 2 aromatic carbocycles. The fourth-order valence-corrected chi connectivity index (χ4v) is 2.85. The van der Waals surface area contributed by atoms with Crippen LogP contribution in [0.15, 0.2) is 36.4 Å². The molecule has 144 valence electrons. The molecule has 0 radical (unpaired) electrons. The second kappa shape index (κ2) is 9.28. The van der Waals surface area contributed by atoms with Gasteiger partial charge in [-0.1, -0.05) is 23.7 Å². The number of methoxy groups -OCH3 is 1. The molecule has 2 rings (SSSR count). The monoisotopic (exact) mass is 390 g/mol. The molecule has 0 aromatic heterocycles. The van der Waals surface area contributed by atoms with E-state index in [0.717, 1.165) is 5.56 Å². The van der Waals surface area contributed by atoms with Crippen LogP contribution >= 0.6 is 11.6 Å². The average molecular weight is 391 g/mol. The molecule has 7 heteroatoms. The number of hydrogen-bond donors (Lipinski definition) is 2. The highest BCUT2D eigenvalue weighted by Crippen LogP contribution is 2.36. The Morgan fingerprint density at radius 1 is 1.22 bits per heavy atom. The quantitative estimate of drug-likeness (QED) is 0.742. The van der Waals surface area contributed by atoms with Crippen LogP contribution in [0.5, 0.6) is 11.5 Å². The molecule has 0 fully saturated rings. The van der Waals surface area contributed by atoms with Crippen molar-refractivity contribution in [1.82, 2.24) is 5.32 Å². The van der Waals surface area contributed by atoms with Crippen molar-refractivity contribution in [3.8, 4) is 11.5 Å². The van der Waals surface area contributed by atoms with Crippen LogP contribution < -0.4 is 20.1 Å². The predicted octanol–water partition coefficient (Wildman–Crippen LogP) is 4.20. The lowest BCUT2D eigenvalue weighted by Crippen LogP contribution is -2.26. The first-order valence-electron chi connectivity index (χ1n) is 8.54. The van der Waals surface area contributed by atoms with Gasteiger partial charge in [0.05, 0.1) is 24.8 Å². The van der Waals surface area contributed by atoms with E-state index in [1.54, 1.807) is 18.2 Å². The third kappa shape index (κ3) is 5.37. The molecule has 0 aliphatic carbocycles. The maximum Gasteiger partial charge on any atom is 0.251 e. The topological polar surface area (TPSA) is 76.7 Å². The van der Waals surface area contributed by atoms with Crippen LogP contribution in [-0.4, -0.2) is 25.5 Å². The third-order valence-electron chi connectivity index (χ3n) is 3.83. The summed E-state index contributed by atoms with van der Waals surface area (Å²) in [7, 11) is 1.49. The van der Waals surface area contributed by atoms with Crippen molar-refractivity contribution in [3.05, 3.63) is 52.5 Å². The molecule has 0 bridgehead atoms. The summed E-state index contributed by atoms with van der Waals surface area (Å²) in [5, 5.41) is 5.95. The molecule has 0 heterocycles. The predicted molar refractivity (Wildman–Crippen MR) is 106 cm³/mol. The molecule has 6 nitrogen and oxygen atoms in total. The maximum absolute atomic E-state index is 12.6. The Kier molecular flexibility index (Phi) is 7.07. The Morgan fingerprint density at radius 3 is 2.59 bits per heavy atom. The maximum atomic E-state index is 12.6. The summed E-state index contributed by atoms with van der Waals surface area (Å²) in [4.78, 5) is 23.9. The van der Waals surface area contributed by atoms with Gasteiger partial charge in [0.1, 0.15) is 0 Å². The SMILES string of the molecule is CCOc1c(Cl)cc(C(=O)NC(C)c2cccc(NC(C)=O)c2)cc1OC. The molecule has 2 aromatic rings. The van der Waals surface area contributed by atoms with E-state index in [2.05, 4.69) is 10.6 Å². The molecule has 2 N–H and O–H groups in total. The van der Waals surface area contributed by atoms with Crippen molar-refractivity contribution >= 4 is 29.1 Å². The Labute approximate surface area is 163 Å². The Morgan fingerprint density at radius 2 is 1.96 bits per heavy atom. The van der Waals surface area contributed by atoms with E-state index >= 15 is 0 Å². The van der Waals surface area contributed by atoms with Crippen LogP contribution in [-0.2, 0) is 4.79 Å². The molecule has 1 unspecified atom stereocenters. The molecule has 0 aliphatic rings. The van der Waals surface area contributed by atoms with E-state index < -0.39 is 0 Å². The second-order valence-corrected chi connectivity index (χ2v) is 6.33. The van der Waals surface area contributed by atoms with Crippen molar-refractivity contribution in [1.29, 1.82) is 0 Å². The van der Waals surface area contributed by atoms with E-state index in [4.69, 9.17) is 21.1 Å². The zero-order valence-electron chi connectivity index (χ0n) is 15.8. The smallest absolute Gasteiger partial charge is 0.251 e. The summed E-state index contributed by atoms with van der Waals surface area (Å²) >= 11 is 6.23.